The highest BCUT2D eigenvalue weighted by Crippen LogP contribution is 2.38. The zero-order chi connectivity index (χ0) is 15.4. The fourth-order valence-electron chi connectivity index (χ4n) is 1.80. The normalized spacial score (nSPS) is 12.2. The number of rotatable bonds is 6. The molecule has 2 aromatic rings. The fourth-order valence-corrected chi connectivity index (χ4v) is 2.09. The van der Waals surface area contributed by atoms with E-state index >= 15 is 0 Å². The number of hydrogen-bond donors (Lipinski definition) is 1. The van der Waals surface area contributed by atoms with E-state index in [0.717, 1.165) is 0 Å². The van der Waals surface area contributed by atoms with E-state index in [1.807, 2.05) is 0 Å². The third-order valence-electron chi connectivity index (χ3n) is 2.80. The van der Waals surface area contributed by atoms with Crippen molar-refractivity contribution in [1.29, 1.82) is 0 Å². The van der Waals surface area contributed by atoms with Crippen LogP contribution in [0.25, 0.3) is 11.4 Å². The molecule has 2 rings (SSSR count). The molecule has 0 saturated carbocycles. The summed E-state index contributed by atoms with van der Waals surface area (Å²) in [7, 11) is 4.58. The quantitative estimate of drug-likeness (QED) is 0.872. The Morgan fingerprint density at radius 3 is 2.67 bits per heavy atom. The van der Waals surface area contributed by atoms with Crippen molar-refractivity contribution in [3.63, 3.8) is 0 Å². The van der Waals surface area contributed by atoms with Gasteiger partial charge in [-0.25, -0.2) is 0 Å². The average Bonchev–Trinajstić information content (AvgIpc) is 2.96. The first kappa shape index (κ1) is 15.6. The Labute approximate surface area is 126 Å². The highest BCUT2D eigenvalue weighted by molar-refractivity contribution is 6.32. The smallest absolute Gasteiger partial charge is 0.246 e. The lowest BCUT2D eigenvalue weighted by Gasteiger charge is -2.10. The molecule has 2 N–H and O–H groups in total. The maximum atomic E-state index is 6.15. The first-order valence-electron chi connectivity index (χ1n) is 6.10. The van der Waals surface area contributed by atoms with E-state index in [2.05, 4.69) is 10.1 Å². The monoisotopic (exact) mass is 313 g/mol. The van der Waals surface area contributed by atoms with Gasteiger partial charge in [-0.2, -0.15) is 4.98 Å². The van der Waals surface area contributed by atoms with E-state index < -0.39 is 6.04 Å². The standard InChI is InChI=1S/C13H16ClN3O4/c1-18-6-9(15)13-16-12(17-21-13)7-4-8(14)11(20-3)10(5-7)19-2/h4-5,9H,6,15H2,1-3H3. The van der Waals surface area contributed by atoms with Crippen molar-refractivity contribution < 1.29 is 18.7 Å². The second kappa shape index (κ2) is 6.75. The third-order valence-corrected chi connectivity index (χ3v) is 3.08. The van der Waals surface area contributed by atoms with Crippen LogP contribution in [-0.4, -0.2) is 38.1 Å². The highest BCUT2D eigenvalue weighted by Gasteiger charge is 2.18. The number of aromatic nitrogens is 2. The predicted octanol–water partition coefficient (Wildman–Crippen LogP) is 2.05. The fraction of sp³-hybridized carbons (Fsp3) is 0.385. The van der Waals surface area contributed by atoms with Crippen LogP contribution in [-0.2, 0) is 4.74 Å². The molecule has 0 radical (unpaired) electrons. The Balaban J connectivity index is 2.36. The molecule has 1 aromatic carbocycles. The number of benzene rings is 1. The van der Waals surface area contributed by atoms with Gasteiger partial charge in [-0.1, -0.05) is 16.8 Å². The second-order valence-electron chi connectivity index (χ2n) is 4.21. The maximum Gasteiger partial charge on any atom is 0.246 e. The highest BCUT2D eigenvalue weighted by atomic mass is 35.5. The summed E-state index contributed by atoms with van der Waals surface area (Å²) in [6.07, 6.45) is 0. The van der Waals surface area contributed by atoms with Gasteiger partial charge in [0, 0.05) is 12.7 Å². The first-order chi connectivity index (χ1) is 10.1. The van der Waals surface area contributed by atoms with Gasteiger partial charge in [-0.05, 0) is 12.1 Å². The molecule has 1 atom stereocenters. The zero-order valence-corrected chi connectivity index (χ0v) is 12.7. The Bertz CT molecular complexity index is 617. The molecule has 0 amide bonds. The van der Waals surface area contributed by atoms with Crippen molar-refractivity contribution >= 4 is 11.6 Å². The minimum Gasteiger partial charge on any atom is -0.493 e. The Morgan fingerprint density at radius 1 is 1.29 bits per heavy atom. The van der Waals surface area contributed by atoms with Crippen LogP contribution in [0.1, 0.15) is 11.9 Å². The third kappa shape index (κ3) is 3.26. The van der Waals surface area contributed by atoms with E-state index in [9.17, 15) is 0 Å². The largest absolute Gasteiger partial charge is 0.493 e. The van der Waals surface area contributed by atoms with Crippen molar-refractivity contribution in [1.82, 2.24) is 10.1 Å². The summed E-state index contributed by atoms with van der Waals surface area (Å²) in [4.78, 5) is 4.23. The van der Waals surface area contributed by atoms with Crippen molar-refractivity contribution in [3.05, 3.63) is 23.0 Å². The molecule has 1 heterocycles. The summed E-state index contributed by atoms with van der Waals surface area (Å²) >= 11 is 6.15. The molecule has 0 saturated heterocycles. The van der Waals surface area contributed by atoms with E-state index in [1.165, 1.54) is 14.2 Å². The number of nitrogens with two attached hydrogens (primary N) is 1. The average molecular weight is 314 g/mol. The molecule has 0 spiro atoms. The van der Waals surface area contributed by atoms with Crippen LogP contribution in [0, 0.1) is 0 Å². The van der Waals surface area contributed by atoms with Gasteiger partial charge in [0.25, 0.3) is 0 Å². The molecule has 0 aliphatic heterocycles. The summed E-state index contributed by atoms with van der Waals surface area (Å²) in [5.41, 5.74) is 6.47. The van der Waals surface area contributed by atoms with Gasteiger partial charge in [0.2, 0.25) is 11.7 Å². The van der Waals surface area contributed by atoms with Crippen LogP contribution in [0.4, 0.5) is 0 Å². The van der Waals surface area contributed by atoms with E-state index in [0.29, 0.717) is 27.9 Å². The molecular weight excluding hydrogens is 298 g/mol. The number of ether oxygens (including phenoxy) is 3. The van der Waals surface area contributed by atoms with E-state index in [1.54, 1.807) is 19.2 Å². The van der Waals surface area contributed by atoms with Crippen LogP contribution in [0.15, 0.2) is 16.7 Å². The molecule has 0 aliphatic rings. The molecule has 114 valence electrons. The summed E-state index contributed by atoms with van der Waals surface area (Å²) in [6, 6.07) is 2.90. The number of hydrogen-bond acceptors (Lipinski definition) is 7. The van der Waals surface area contributed by atoms with Gasteiger partial charge in [0.05, 0.1) is 25.8 Å². The molecular formula is C13H16ClN3O4. The maximum absolute atomic E-state index is 6.15. The van der Waals surface area contributed by atoms with Crippen molar-refractivity contribution in [2.45, 2.75) is 6.04 Å². The summed E-state index contributed by atoms with van der Waals surface area (Å²) in [6.45, 7) is 0.286. The van der Waals surface area contributed by atoms with Crippen molar-refractivity contribution in [2.24, 2.45) is 5.73 Å². The molecule has 8 heteroatoms. The van der Waals surface area contributed by atoms with Gasteiger partial charge in [-0.15, -0.1) is 0 Å². The van der Waals surface area contributed by atoms with Crippen molar-refractivity contribution in [2.75, 3.05) is 27.9 Å². The number of nitrogens with zero attached hydrogens (tertiary/aromatic N) is 2. The van der Waals surface area contributed by atoms with Gasteiger partial charge in [0.15, 0.2) is 11.5 Å². The van der Waals surface area contributed by atoms with Gasteiger partial charge in [0.1, 0.15) is 6.04 Å². The van der Waals surface area contributed by atoms with Crippen LogP contribution in [0.3, 0.4) is 0 Å². The molecule has 21 heavy (non-hydrogen) atoms. The van der Waals surface area contributed by atoms with Crippen LogP contribution in [0.5, 0.6) is 11.5 Å². The van der Waals surface area contributed by atoms with E-state index in [4.69, 9.17) is 36.1 Å². The number of halogens is 1. The first-order valence-corrected chi connectivity index (χ1v) is 6.48. The van der Waals surface area contributed by atoms with Gasteiger partial charge >= 0.3 is 0 Å². The predicted molar refractivity (Wildman–Crippen MR) is 76.7 cm³/mol. The van der Waals surface area contributed by atoms with Gasteiger partial charge < -0.3 is 24.5 Å². The molecule has 0 bridgehead atoms. The topological polar surface area (TPSA) is 92.6 Å². The minimum absolute atomic E-state index is 0.286. The van der Waals surface area contributed by atoms with Crippen LogP contribution >= 0.6 is 11.6 Å². The van der Waals surface area contributed by atoms with Crippen LogP contribution < -0.4 is 15.2 Å². The van der Waals surface area contributed by atoms with Crippen molar-refractivity contribution in [3.8, 4) is 22.9 Å². The molecule has 1 unspecified atom stereocenters. The summed E-state index contributed by atoms with van der Waals surface area (Å²) in [5.74, 6) is 1.58. The molecule has 0 aliphatic carbocycles. The lowest BCUT2D eigenvalue weighted by molar-refractivity contribution is 0.166. The summed E-state index contributed by atoms with van der Waals surface area (Å²) in [5, 5.41) is 4.27. The molecule has 1 aromatic heterocycles. The van der Waals surface area contributed by atoms with Crippen LogP contribution in [0.2, 0.25) is 5.02 Å². The Hall–Kier alpha value is -1.83. The Morgan fingerprint density at radius 2 is 2.05 bits per heavy atom. The lowest BCUT2D eigenvalue weighted by Crippen LogP contribution is -2.16. The molecule has 0 fully saturated rings. The zero-order valence-electron chi connectivity index (χ0n) is 11.9. The second-order valence-corrected chi connectivity index (χ2v) is 4.62. The minimum atomic E-state index is -0.480. The lowest BCUT2D eigenvalue weighted by atomic mass is 10.2. The van der Waals surface area contributed by atoms with E-state index in [-0.39, 0.29) is 12.5 Å². The Kier molecular flexibility index (Phi) is 5.00. The summed E-state index contributed by atoms with van der Waals surface area (Å²) < 4.78 is 20.5. The molecule has 7 nitrogen and oxygen atoms in total. The number of methoxy groups -OCH3 is 3. The van der Waals surface area contributed by atoms with Gasteiger partial charge in [-0.3, -0.25) is 0 Å². The SMILES string of the molecule is COCC(N)c1nc(-c2cc(Cl)c(OC)c(OC)c2)no1.